The molecule has 152 valence electrons. The molecule has 0 aliphatic heterocycles. The van der Waals surface area contributed by atoms with Gasteiger partial charge in [0.05, 0.1) is 29.9 Å². The second kappa shape index (κ2) is 10.3. The number of amides is 1. The molecule has 1 amide bonds. The molecular formula is C21H21ClN2O5. The van der Waals surface area contributed by atoms with E-state index in [1.54, 1.807) is 12.1 Å². The summed E-state index contributed by atoms with van der Waals surface area (Å²) in [6.07, 6.45) is 0. The van der Waals surface area contributed by atoms with Crippen LogP contribution in [-0.2, 0) is 9.53 Å². The van der Waals surface area contributed by atoms with Crippen LogP contribution >= 0.6 is 11.6 Å². The molecule has 2 aromatic carbocycles. The lowest BCUT2D eigenvalue weighted by Crippen LogP contribution is -2.21. The quantitative estimate of drug-likeness (QED) is 0.652. The third-order valence-electron chi connectivity index (χ3n) is 3.68. The van der Waals surface area contributed by atoms with E-state index in [4.69, 9.17) is 31.1 Å². The van der Waals surface area contributed by atoms with Gasteiger partial charge in [0.25, 0.3) is 5.91 Å². The molecule has 0 radical (unpaired) electrons. The van der Waals surface area contributed by atoms with Gasteiger partial charge in [0.1, 0.15) is 6.07 Å². The number of rotatable bonds is 8. The lowest BCUT2D eigenvalue weighted by molar-refractivity contribution is -0.119. The van der Waals surface area contributed by atoms with E-state index >= 15 is 0 Å². The van der Waals surface area contributed by atoms with E-state index in [2.05, 4.69) is 5.32 Å². The highest BCUT2D eigenvalue weighted by atomic mass is 35.5. The number of halogens is 1. The Bertz CT molecular complexity index is 937. The Morgan fingerprint density at radius 2 is 1.93 bits per heavy atom. The molecule has 0 aliphatic carbocycles. The Labute approximate surface area is 174 Å². The van der Waals surface area contributed by atoms with E-state index in [1.807, 2.05) is 19.9 Å². The molecule has 1 N–H and O–H groups in total. The minimum Gasteiger partial charge on any atom is -0.493 e. The van der Waals surface area contributed by atoms with Crippen molar-refractivity contribution in [2.24, 2.45) is 5.92 Å². The number of methoxy groups -OCH3 is 1. The van der Waals surface area contributed by atoms with Gasteiger partial charge >= 0.3 is 5.97 Å². The Hall–Kier alpha value is -3.24. The topological polar surface area (TPSA) is 97.6 Å². The highest BCUT2D eigenvalue weighted by Gasteiger charge is 2.15. The van der Waals surface area contributed by atoms with Crippen molar-refractivity contribution in [1.29, 1.82) is 5.26 Å². The molecule has 2 rings (SSSR count). The summed E-state index contributed by atoms with van der Waals surface area (Å²) in [6.45, 7) is 4.08. The molecule has 0 aliphatic rings. The number of benzene rings is 2. The van der Waals surface area contributed by atoms with Gasteiger partial charge < -0.3 is 19.5 Å². The van der Waals surface area contributed by atoms with Crippen molar-refractivity contribution < 1.29 is 23.8 Å². The van der Waals surface area contributed by atoms with Gasteiger partial charge in [-0.3, -0.25) is 4.79 Å². The molecule has 0 unspecified atom stereocenters. The Morgan fingerprint density at radius 3 is 2.55 bits per heavy atom. The fraction of sp³-hybridized carbons (Fsp3) is 0.286. The summed E-state index contributed by atoms with van der Waals surface area (Å²) < 4.78 is 15.9. The van der Waals surface area contributed by atoms with Crippen molar-refractivity contribution in [3.8, 4) is 17.6 Å². The normalized spacial score (nSPS) is 10.2. The predicted octanol–water partition coefficient (Wildman–Crippen LogP) is 4.05. The van der Waals surface area contributed by atoms with Crippen molar-refractivity contribution in [3.63, 3.8) is 0 Å². The van der Waals surface area contributed by atoms with Crippen LogP contribution in [0.5, 0.6) is 11.5 Å². The maximum atomic E-state index is 12.2. The molecule has 0 bridgehead atoms. The van der Waals surface area contributed by atoms with Crippen LogP contribution in [0.1, 0.15) is 29.8 Å². The minimum atomic E-state index is -0.674. The molecule has 0 spiro atoms. The summed E-state index contributed by atoms with van der Waals surface area (Å²) in [6, 6.07) is 11.0. The number of esters is 1. The number of nitrogens with zero attached hydrogens (tertiary/aromatic N) is 1. The predicted molar refractivity (Wildman–Crippen MR) is 108 cm³/mol. The summed E-state index contributed by atoms with van der Waals surface area (Å²) in [5, 5.41) is 11.6. The minimum absolute atomic E-state index is 0.217. The Balaban J connectivity index is 1.95. The van der Waals surface area contributed by atoms with E-state index in [1.165, 1.54) is 31.4 Å². The van der Waals surface area contributed by atoms with Crippen molar-refractivity contribution in [2.45, 2.75) is 13.8 Å². The van der Waals surface area contributed by atoms with Crippen LogP contribution < -0.4 is 14.8 Å². The highest BCUT2D eigenvalue weighted by Crippen LogP contribution is 2.28. The summed E-state index contributed by atoms with van der Waals surface area (Å²) in [5.41, 5.74) is 0.919. The third kappa shape index (κ3) is 6.40. The standard InChI is InChI=1S/C21H21ClN2O5/c1-13(2)11-28-18-7-5-14(8-19(18)27-3)21(26)29-12-20(25)24-16-6-4-15(10-23)17(22)9-16/h4-9,13H,11-12H2,1-3H3,(H,24,25). The monoisotopic (exact) mass is 416 g/mol. The zero-order valence-electron chi connectivity index (χ0n) is 16.3. The van der Waals surface area contributed by atoms with E-state index in [0.717, 1.165) is 0 Å². The fourth-order valence-corrected chi connectivity index (χ4v) is 2.49. The summed E-state index contributed by atoms with van der Waals surface area (Å²) in [5.74, 6) is 0.0495. The zero-order chi connectivity index (χ0) is 21.4. The lowest BCUT2D eigenvalue weighted by atomic mass is 10.2. The number of nitrogens with one attached hydrogen (secondary N) is 1. The third-order valence-corrected chi connectivity index (χ3v) is 3.99. The second-order valence-electron chi connectivity index (χ2n) is 6.50. The first-order chi connectivity index (χ1) is 13.8. The van der Waals surface area contributed by atoms with Crippen molar-refractivity contribution in [3.05, 3.63) is 52.5 Å². The molecule has 8 heteroatoms. The molecule has 0 saturated heterocycles. The summed E-state index contributed by atoms with van der Waals surface area (Å²) >= 11 is 5.92. The molecule has 0 aromatic heterocycles. The van der Waals surface area contributed by atoms with Crippen LogP contribution in [0.15, 0.2) is 36.4 Å². The van der Waals surface area contributed by atoms with Crippen LogP contribution in [0, 0.1) is 17.2 Å². The van der Waals surface area contributed by atoms with Crippen molar-refractivity contribution in [1.82, 2.24) is 0 Å². The average molecular weight is 417 g/mol. The van der Waals surface area contributed by atoms with Crippen LogP contribution in [0.3, 0.4) is 0 Å². The molecular weight excluding hydrogens is 396 g/mol. The number of carbonyl (C=O) groups is 2. The molecule has 0 saturated carbocycles. The largest absolute Gasteiger partial charge is 0.493 e. The van der Waals surface area contributed by atoms with Gasteiger partial charge in [-0.15, -0.1) is 0 Å². The number of hydrogen-bond donors (Lipinski definition) is 1. The van der Waals surface area contributed by atoms with Crippen LogP contribution in [0.2, 0.25) is 5.02 Å². The maximum absolute atomic E-state index is 12.2. The fourth-order valence-electron chi connectivity index (χ4n) is 2.27. The SMILES string of the molecule is COc1cc(C(=O)OCC(=O)Nc2ccc(C#N)c(Cl)c2)ccc1OCC(C)C. The van der Waals surface area contributed by atoms with Crippen LogP contribution in [0.4, 0.5) is 5.69 Å². The van der Waals surface area contributed by atoms with Crippen molar-refractivity contribution in [2.75, 3.05) is 25.6 Å². The van der Waals surface area contributed by atoms with E-state index in [9.17, 15) is 9.59 Å². The van der Waals surface area contributed by atoms with Gasteiger partial charge in [0.2, 0.25) is 0 Å². The first-order valence-electron chi connectivity index (χ1n) is 8.81. The molecule has 0 fully saturated rings. The Morgan fingerprint density at radius 1 is 1.17 bits per heavy atom. The summed E-state index contributed by atoms with van der Waals surface area (Å²) in [4.78, 5) is 24.2. The first kappa shape index (κ1) is 22.1. The number of ether oxygens (including phenoxy) is 3. The number of hydrogen-bond acceptors (Lipinski definition) is 6. The molecule has 7 nitrogen and oxygen atoms in total. The van der Waals surface area contributed by atoms with Gasteiger partial charge in [-0.05, 0) is 42.3 Å². The van der Waals surface area contributed by atoms with Gasteiger partial charge in [-0.25, -0.2) is 4.79 Å². The van der Waals surface area contributed by atoms with E-state index in [0.29, 0.717) is 35.3 Å². The lowest BCUT2D eigenvalue weighted by Gasteiger charge is -2.13. The van der Waals surface area contributed by atoms with Crippen LogP contribution in [-0.4, -0.2) is 32.2 Å². The van der Waals surface area contributed by atoms with Crippen LogP contribution in [0.25, 0.3) is 0 Å². The first-order valence-corrected chi connectivity index (χ1v) is 9.19. The molecule has 0 heterocycles. The summed E-state index contributed by atoms with van der Waals surface area (Å²) in [7, 11) is 1.48. The second-order valence-corrected chi connectivity index (χ2v) is 6.91. The molecule has 29 heavy (non-hydrogen) atoms. The van der Waals surface area contributed by atoms with Gasteiger partial charge in [0, 0.05) is 5.69 Å². The Kier molecular flexibility index (Phi) is 7.87. The van der Waals surface area contributed by atoms with Gasteiger partial charge in [-0.1, -0.05) is 25.4 Å². The smallest absolute Gasteiger partial charge is 0.338 e. The van der Waals surface area contributed by atoms with E-state index in [-0.39, 0.29) is 10.6 Å². The van der Waals surface area contributed by atoms with E-state index < -0.39 is 18.5 Å². The maximum Gasteiger partial charge on any atom is 0.338 e. The number of nitriles is 1. The molecule has 2 aromatic rings. The molecule has 0 atom stereocenters. The zero-order valence-corrected chi connectivity index (χ0v) is 17.1. The van der Waals surface area contributed by atoms with Gasteiger partial charge in [0.15, 0.2) is 18.1 Å². The highest BCUT2D eigenvalue weighted by molar-refractivity contribution is 6.32. The average Bonchev–Trinajstić information content (AvgIpc) is 2.70. The number of carbonyl (C=O) groups excluding carboxylic acids is 2. The van der Waals surface area contributed by atoms with Gasteiger partial charge in [-0.2, -0.15) is 5.26 Å². The number of anilines is 1. The van der Waals surface area contributed by atoms with Crippen molar-refractivity contribution >= 4 is 29.2 Å².